The Balaban J connectivity index is 1.68. The molecule has 154 valence electrons. The fourth-order valence-corrected chi connectivity index (χ4v) is 3.67. The molecule has 0 saturated heterocycles. The highest BCUT2D eigenvalue weighted by atomic mass is 35.5. The van der Waals surface area contributed by atoms with E-state index in [0.717, 1.165) is 11.4 Å². The predicted molar refractivity (Wildman–Crippen MR) is 119 cm³/mol. The van der Waals surface area contributed by atoms with Crippen LogP contribution in [-0.2, 0) is 17.8 Å². The van der Waals surface area contributed by atoms with E-state index in [-0.39, 0.29) is 17.2 Å². The van der Waals surface area contributed by atoms with E-state index < -0.39 is 5.91 Å². The zero-order valence-electron chi connectivity index (χ0n) is 16.0. The third kappa shape index (κ3) is 5.49. The summed E-state index contributed by atoms with van der Waals surface area (Å²) in [6.45, 7) is 4.31. The average molecular weight is 442 g/mol. The van der Waals surface area contributed by atoms with Crippen LogP contribution in [0.4, 0.5) is 5.69 Å². The van der Waals surface area contributed by atoms with Gasteiger partial charge in [0.25, 0.3) is 5.91 Å². The van der Waals surface area contributed by atoms with Gasteiger partial charge in [0.1, 0.15) is 5.82 Å². The van der Waals surface area contributed by atoms with Gasteiger partial charge >= 0.3 is 0 Å². The van der Waals surface area contributed by atoms with Gasteiger partial charge in [-0.15, -0.1) is 16.8 Å². The van der Waals surface area contributed by atoms with Crippen molar-refractivity contribution in [2.45, 2.75) is 18.1 Å². The molecule has 1 aromatic heterocycles. The van der Waals surface area contributed by atoms with Crippen molar-refractivity contribution in [3.8, 4) is 0 Å². The first kappa shape index (κ1) is 21.6. The van der Waals surface area contributed by atoms with Crippen molar-refractivity contribution < 1.29 is 9.59 Å². The maximum atomic E-state index is 12.4. The molecule has 0 bridgehead atoms. The van der Waals surface area contributed by atoms with Gasteiger partial charge in [-0.3, -0.25) is 9.59 Å². The molecule has 1 heterocycles. The minimum atomic E-state index is -0.601. The van der Waals surface area contributed by atoms with E-state index in [2.05, 4.69) is 22.1 Å². The van der Waals surface area contributed by atoms with Crippen molar-refractivity contribution in [1.82, 2.24) is 14.8 Å². The molecule has 3 N–H and O–H groups in total. The SMILES string of the molecule is C=CCn1c(Cc2ccc(Cl)cc2)nnc1SCC(=O)Nc1ccccc1C(N)=O. The number of nitrogens with two attached hydrogens (primary N) is 1. The molecule has 0 aliphatic heterocycles. The molecule has 2 amide bonds. The van der Waals surface area contributed by atoms with Gasteiger partial charge in [-0.25, -0.2) is 0 Å². The summed E-state index contributed by atoms with van der Waals surface area (Å²) in [6, 6.07) is 14.1. The Labute approximate surface area is 183 Å². The number of carbonyl (C=O) groups is 2. The number of amides is 2. The number of benzene rings is 2. The van der Waals surface area contributed by atoms with Crippen LogP contribution < -0.4 is 11.1 Å². The lowest BCUT2D eigenvalue weighted by atomic mass is 10.1. The van der Waals surface area contributed by atoms with E-state index in [4.69, 9.17) is 17.3 Å². The summed E-state index contributed by atoms with van der Waals surface area (Å²) in [4.78, 5) is 23.9. The predicted octanol–water partition coefficient (Wildman–Crippen LogP) is 3.54. The minimum absolute atomic E-state index is 0.101. The van der Waals surface area contributed by atoms with Crippen LogP contribution >= 0.6 is 23.4 Å². The lowest BCUT2D eigenvalue weighted by molar-refractivity contribution is -0.113. The van der Waals surface area contributed by atoms with Crippen LogP contribution in [0.15, 0.2) is 66.3 Å². The molecule has 0 atom stereocenters. The van der Waals surface area contributed by atoms with E-state index in [1.165, 1.54) is 11.8 Å². The number of primary amides is 1. The maximum Gasteiger partial charge on any atom is 0.250 e. The van der Waals surface area contributed by atoms with Crippen LogP contribution in [0.2, 0.25) is 5.02 Å². The third-order valence-corrected chi connectivity index (χ3v) is 5.40. The van der Waals surface area contributed by atoms with Crippen LogP contribution in [0.5, 0.6) is 0 Å². The van der Waals surface area contributed by atoms with E-state index in [1.54, 1.807) is 30.3 Å². The molecular formula is C21H20ClN5O2S. The maximum absolute atomic E-state index is 12.4. The minimum Gasteiger partial charge on any atom is -0.366 e. The highest BCUT2D eigenvalue weighted by Gasteiger charge is 2.15. The molecule has 30 heavy (non-hydrogen) atoms. The fraction of sp³-hybridized carbons (Fsp3) is 0.143. The quantitative estimate of drug-likeness (QED) is 0.390. The van der Waals surface area contributed by atoms with Gasteiger partial charge < -0.3 is 15.6 Å². The van der Waals surface area contributed by atoms with Crippen LogP contribution in [-0.4, -0.2) is 32.3 Å². The van der Waals surface area contributed by atoms with Gasteiger partial charge in [-0.2, -0.15) is 0 Å². The van der Waals surface area contributed by atoms with Gasteiger partial charge in [0.2, 0.25) is 5.91 Å². The Hall–Kier alpha value is -3.10. The molecule has 0 saturated carbocycles. The second-order valence-electron chi connectivity index (χ2n) is 6.35. The van der Waals surface area contributed by atoms with Gasteiger partial charge in [-0.1, -0.05) is 53.7 Å². The Morgan fingerprint density at radius 1 is 1.17 bits per heavy atom. The molecule has 0 aliphatic carbocycles. The number of thioether (sulfide) groups is 1. The van der Waals surface area contributed by atoms with Crippen molar-refractivity contribution in [2.75, 3.05) is 11.1 Å². The van der Waals surface area contributed by atoms with E-state index in [9.17, 15) is 9.59 Å². The Morgan fingerprint density at radius 2 is 1.90 bits per heavy atom. The molecular weight excluding hydrogens is 422 g/mol. The number of nitrogens with zero attached hydrogens (tertiary/aromatic N) is 3. The first-order valence-corrected chi connectivity index (χ1v) is 10.4. The topological polar surface area (TPSA) is 103 Å². The lowest BCUT2D eigenvalue weighted by Crippen LogP contribution is -2.19. The Morgan fingerprint density at radius 3 is 2.60 bits per heavy atom. The van der Waals surface area contributed by atoms with E-state index in [0.29, 0.717) is 28.8 Å². The highest BCUT2D eigenvalue weighted by molar-refractivity contribution is 7.99. The second kappa shape index (κ2) is 10.1. The molecule has 7 nitrogen and oxygen atoms in total. The normalized spacial score (nSPS) is 10.6. The third-order valence-electron chi connectivity index (χ3n) is 4.18. The van der Waals surface area contributed by atoms with Crippen molar-refractivity contribution in [3.63, 3.8) is 0 Å². The van der Waals surface area contributed by atoms with Crippen molar-refractivity contribution in [1.29, 1.82) is 0 Å². The number of rotatable bonds is 9. The molecule has 2 aromatic carbocycles. The number of para-hydroxylation sites is 1. The Bertz CT molecular complexity index is 1070. The summed E-state index contributed by atoms with van der Waals surface area (Å²) in [6.07, 6.45) is 2.33. The molecule has 3 rings (SSSR count). The number of hydrogen-bond donors (Lipinski definition) is 2. The number of carbonyl (C=O) groups excluding carboxylic acids is 2. The monoisotopic (exact) mass is 441 g/mol. The molecule has 0 spiro atoms. The number of nitrogens with one attached hydrogen (secondary N) is 1. The summed E-state index contributed by atoms with van der Waals surface area (Å²) in [5.41, 5.74) is 7.04. The molecule has 0 fully saturated rings. The van der Waals surface area contributed by atoms with E-state index in [1.807, 2.05) is 28.8 Å². The van der Waals surface area contributed by atoms with Crippen LogP contribution in [0.1, 0.15) is 21.7 Å². The number of hydrogen-bond acceptors (Lipinski definition) is 5. The van der Waals surface area contributed by atoms with Crippen LogP contribution in [0.25, 0.3) is 0 Å². The van der Waals surface area contributed by atoms with Gasteiger partial charge in [-0.05, 0) is 29.8 Å². The molecule has 0 unspecified atom stereocenters. The molecule has 0 aliphatic rings. The smallest absolute Gasteiger partial charge is 0.250 e. The van der Waals surface area contributed by atoms with Crippen molar-refractivity contribution in [3.05, 3.63) is 83.2 Å². The summed E-state index contributed by atoms with van der Waals surface area (Å²) >= 11 is 7.20. The number of aromatic nitrogens is 3. The summed E-state index contributed by atoms with van der Waals surface area (Å²) in [5, 5.41) is 12.5. The Kier molecular flexibility index (Phi) is 7.26. The first-order valence-electron chi connectivity index (χ1n) is 9.07. The largest absolute Gasteiger partial charge is 0.366 e. The summed E-state index contributed by atoms with van der Waals surface area (Å²) in [5.74, 6) is -0.0139. The zero-order chi connectivity index (χ0) is 21.5. The average Bonchev–Trinajstić information content (AvgIpc) is 3.10. The summed E-state index contributed by atoms with van der Waals surface area (Å²) < 4.78 is 1.91. The molecule has 9 heteroatoms. The second-order valence-corrected chi connectivity index (χ2v) is 7.73. The summed E-state index contributed by atoms with van der Waals surface area (Å²) in [7, 11) is 0. The highest BCUT2D eigenvalue weighted by Crippen LogP contribution is 2.21. The fourth-order valence-electron chi connectivity index (χ4n) is 2.78. The van der Waals surface area contributed by atoms with Gasteiger partial charge in [0.05, 0.1) is 17.0 Å². The number of allylic oxidation sites excluding steroid dienone is 1. The lowest BCUT2D eigenvalue weighted by Gasteiger charge is -2.10. The van der Waals surface area contributed by atoms with Crippen molar-refractivity contribution >= 4 is 40.9 Å². The zero-order valence-corrected chi connectivity index (χ0v) is 17.6. The number of anilines is 1. The van der Waals surface area contributed by atoms with Crippen LogP contribution in [0, 0.1) is 0 Å². The van der Waals surface area contributed by atoms with Gasteiger partial charge in [0.15, 0.2) is 5.16 Å². The van der Waals surface area contributed by atoms with E-state index >= 15 is 0 Å². The van der Waals surface area contributed by atoms with Crippen molar-refractivity contribution in [2.24, 2.45) is 5.73 Å². The molecule has 0 radical (unpaired) electrons. The van der Waals surface area contributed by atoms with Gasteiger partial charge in [0, 0.05) is 18.0 Å². The standard InChI is InChI=1S/C21H20ClN5O2S/c1-2-11-27-18(12-14-7-9-15(22)10-8-14)25-26-21(27)30-13-19(28)24-17-6-4-3-5-16(17)20(23)29/h2-10H,1,11-13H2,(H2,23,29)(H,24,28). The van der Waals surface area contributed by atoms with Crippen LogP contribution in [0.3, 0.4) is 0 Å². The molecule has 3 aromatic rings. The number of halogens is 1. The first-order chi connectivity index (χ1) is 14.5.